The number of hydrogen-bond acceptors (Lipinski definition) is 5. The van der Waals surface area contributed by atoms with Gasteiger partial charge in [0.25, 0.3) is 0 Å². The number of aliphatic hydroxyl groups excluding tert-OH is 1. The third kappa shape index (κ3) is 3.63. The molecule has 1 aromatic heterocycles. The summed E-state index contributed by atoms with van der Waals surface area (Å²) >= 11 is 12.3. The van der Waals surface area contributed by atoms with E-state index in [4.69, 9.17) is 33.7 Å². The third-order valence-electron chi connectivity index (χ3n) is 5.88. The van der Waals surface area contributed by atoms with Crippen molar-refractivity contribution in [3.05, 3.63) is 81.0 Å². The molecule has 33 heavy (non-hydrogen) atoms. The van der Waals surface area contributed by atoms with E-state index in [1.807, 2.05) is 0 Å². The SMILES string of the molecule is C[C@]1(C(N)=O)COc2c1cc([C@@](O)(CO)c1ccc(F)cc1)nc2-c1ccc(F)c(Cl)c1Cl. The van der Waals surface area contributed by atoms with Crippen molar-refractivity contribution >= 4 is 29.1 Å². The van der Waals surface area contributed by atoms with Crippen LogP contribution in [0.5, 0.6) is 5.75 Å². The number of nitrogens with zero attached hydrogens (tertiary/aromatic N) is 1. The molecule has 3 aromatic rings. The van der Waals surface area contributed by atoms with E-state index < -0.39 is 35.2 Å². The highest BCUT2D eigenvalue weighted by Gasteiger charge is 2.46. The van der Waals surface area contributed by atoms with Crippen molar-refractivity contribution in [2.45, 2.75) is 17.9 Å². The normalized spacial score (nSPS) is 19.0. The molecular weight excluding hydrogens is 477 g/mol. The summed E-state index contributed by atoms with van der Waals surface area (Å²) < 4.78 is 33.1. The maximum atomic E-state index is 13.9. The highest BCUT2D eigenvalue weighted by atomic mass is 35.5. The topological polar surface area (TPSA) is 106 Å². The molecule has 0 fully saturated rings. The van der Waals surface area contributed by atoms with E-state index in [0.29, 0.717) is 5.56 Å². The number of carbonyl (C=O) groups excluding carboxylic acids is 1. The lowest BCUT2D eigenvalue weighted by Crippen LogP contribution is -2.40. The van der Waals surface area contributed by atoms with E-state index in [0.717, 1.165) is 18.2 Å². The largest absolute Gasteiger partial charge is 0.489 e. The number of carbonyl (C=O) groups is 1. The second-order valence-corrected chi connectivity index (χ2v) is 8.72. The van der Waals surface area contributed by atoms with E-state index in [1.165, 1.54) is 24.3 Å². The molecule has 172 valence electrons. The summed E-state index contributed by atoms with van der Waals surface area (Å²) in [5, 5.41) is 21.1. The van der Waals surface area contributed by atoms with Crippen LogP contribution in [0.1, 0.15) is 23.7 Å². The molecule has 0 unspecified atom stereocenters. The molecule has 0 spiro atoms. The average Bonchev–Trinajstić information content (AvgIpc) is 3.15. The predicted octanol–water partition coefficient (Wildman–Crippen LogP) is 3.70. The Morgan fingerprint density at radius 1 is 1.21 bits per heavy atom. The van der Waals surface area contributed by atoms with Crippen LogP contribution in [0.3, 0.4) is 0 Å². The summed E-state index contributed by atoms with van der Waals surface area (Å²) in [4.78, 5) is 16.8. The van der Waals surface area contributed by atoms with Crippen LogP contribution in [0.2, 0.25) is 10.0 Å². The van der Waals surface area contributed by atoms with Gasteiger partial charge >= 0.3 is 0 Å². The zero-order chi connectivity index (χ0) is 24.1. The summed E-state index contributed by atoms with van der Waals surface area (Å²) in [6, 6.07) is 8.65. The number of primary amides is 1. The minimum absolute atomic E-state index is 0.0633. The number of hydrogen-bond donors (Lipinski definition) is 3. The van der Waals surface area contributed by atoms with Crippen molar-refractivity contribution in [3.63, 3.8) is 0 Å². The van der Waals surface area contributed by atoms with Crippen molar-refractivity contribution in [1.82, 2.24) is 4.98 Å². The number of pyridine rings is 1. The maximum Gasteiger partial charge on any atom is 0.231 e. The number of aromatic nitrogens is 1. The third-order valence-corrected chi connectivity index (χ3v) is 6.74. The number of amides is 1. The molecule has 1 aliphatic heterocycles. The minimum atomic E-state index is -2.09. The lowest BCUT2D eigenvalue weighted by molar-refractivity contribution is -0.123. The molecule has 2 atom stereocenters. The minimum Gasteiger partial charge on any atom is -0.489 e. The Hall–Kier alpha value is -2.78. The quantitative estimate of drug-likeness (QED) is 0.469. The molecule has 0 saturated heterocycles. The Labute approximate surface area is 197 Å². The fourth-order valence-electron chi connectivity index (χ4n) is 3.74. The van der Waals surface area contributed by atoms with E-state index in [2.05, 4.69) is 4.98 Å². The second-order valence-electron chi connectivity index (χ2n) is 7.97. The van der Waals surface area contributed by atoms with Gasteiger partial charge in [0.05, 0.1) is 22.3 Å². The zero-order valence-corrected chi connectivity index (χ0v) is 18.7. The predicted molar refractivity (Wildman–Crippen MR) is 118 cm³/mol. The van der Waals surface area contributed by atoms with Gasteiger partial charge in [-0.25, -0.2) is 13.8 Å². The number of halogens is 4. The summed E-state index contributed by atoms with van der Waals surface area (Å²) in [5.41, 5.74) is 2.85. The molecule has 2 heterocycles. The molecule has 0 aliphatic carbocycles. The molecule has 1 amide bonds. The molecule has 4 rings (SSSR count). The summed E-state index contributed by atoms with van der Waals surface area (Å²) in [6.45, 7) is 0.621. The van der Waals surface area contributed by atoms with E-state index >= 15 is 0 Å². The Balaban J connectivity index is 2.04. The van der Waals surface area contributed by atoms with Crippen LogP contribution >= 0.6 is 23.2 Å². The molecule has 0 saturated carbocycles. The van der Waals surface area contributed by atoms with E-state index in [-0.39, 0.29) is 44.9 Å². The van der Waals surface area contributed by atoms with Crippen molar-refractivity contribution in [3.8, 4) is 17.0 Å². The first-order valence-corrected chi connectivity index (χ1v) is 10.5. The maximum absolute atomic E-state index is 13.9. The zero-order valence-electron chi connectivity index (χ0n) is 17.2. The Bertz CT molecular complexity index is 1270. The monoisotopic (exact) mass is 494 g/mol. The summed E-state index contributed by atoms with van der Waals surface area (Å²) in [7, 11) is 0. The highest BCUT2D eigenvalue weighted by molar-refractivity contribution is 6.43. The number of aliphatic hydroxyl groups is 2. The molecule has 1 aliphatic rings. The Morgan fingerprint density at radius 2 is 1.88 bits per heavy atom. The van der Waals surface area contributed by atoms with Gasteiger partial charge in [-0.15, -0.1) is 0 Å². The average molecular weight is 495 g/mol. The number of nitrogens with two attached hydrogens (primary N) is 1. The first-order valence-electron chi connectivity index (χ1n) is 9.75. The summed E-state index contributed by atoms with van der Waals surface area (Å²) in [5.74, 6) is -1.82. The summed E-state index contributed by atoms with van der Waals surface area (Å²) in [6.07, 6.45) is 0. The van der Waals surface area contributed by atoms with Crippen LogP contribution in [-0.2, 0) is 15.8 Å². The van der Waals surface area contributed by atoms with Gasteiger partial charge in [-0.1, -0.05) is 35.3 Å². The standard InChI is InChI=1S/C23H18Cl2F2N2O4/c1-22(21(28)31)10-33-20-14(22)8-16(23(32,9-30)11-2-4-12(26)5-3-11)29-19(20)13-6-7-15(27)18(25)17(13)24/h2-8,30,32H,9-10H2,1H3,(H2,28,31)/t22-,23+/m0/s1. The van der Waals surface area contributed by atoms with Gasteiger partial charge in [-0.05, 0) is 42.8 Å². The van der Waals surface area contributed by atoms with Crippen LogP contribution in [0, 0.1) is 11.6 Å². The number of rotatable bonds is 5. The fraction of sp³-hybridized carbons (Fsp3) is 0.217. The van der Waals surface area contributed by atoms with Gasteiger partial charge < -0.3 is 20.7 Å². The lowest BCUT2D eigenvalue weighted by Gasteiger charge is -2.28. The molecule has 0 bridgehead atoms. The van der Waals surface area contributed by atoms with E-state index in [1.54, 1.807) is 6.92 Å². The molecule has 6 nitrogen and oxygen atoms in total. The number of ether oxygens (including phenoxy) is 1. The number of benzene rings is 2. The van der Waals surface area contributed by atoms with E-state index in [9.17, 15) is 23.8 Å². The van der Waals surface area contributed by atoms with Crippen LogP contribution < -0.4 is 10.5 Å². The number of fused-ring (bicyclic) bond motifs is 1. The van der Waals surface area contributed by atoms with Gasteiger partial charge in [-0.3, -0.25) is 4.79 Å². The first kappa shape index (κ1) is 23.4. The molecule has 0 radical (unpaired) electrons. The lowest BCUT2D eigenvalue weighted by atomic mass is 9.81. The fourth-order valence-corrected chi connectivity index (χ4v) is 4.14. The Morgan fingerprint density at radius 3 is 2.48 bits per heavy atom. The van der Waals surface area contributed by atoms with Crippen molar-refractivity contribution in [2.24, 2.45) is 5.73 Å². The first-order chi connectivity index (χ1) is 15.5. The smallest absolute Gasteiger partial charge is 0.231 e. The van der Waals surface area contributed by atoms with Crippen LogP contribution in [-0.4, -0.2) is 34.3 Å². The van der Waals surface area contributed by atoms with Gasteiger partial charge in [0, 0.05) is 11.1 Å². The van der Waals surface area contributed by atoms with Crippen LogP contribution in [0.25, 0.3) is 11.3 Å². The molecule has 2 aromatic carbocycles. The second kappa shape index (κ2) is 8.22. The van der Waals surface area contributed by atoms with Crippen LogP contribution in [0.4, 0.5) is 8.78 Å². The highest BCUT2D eigenvalue weighted by Crippen LogP contribution is 2.48. The van der Waals surface area contributed by atoms with Crippen molar-refractivity contribution < 1.29 is 28.5 Å². The van der Waals surface area contributed by atoms with Gasteiger partial charge in [0.1, 0.15) is 35.1 Å². The van der Waals surface area contributed by atoms with Gasteiger partial charge in [0.15, 0.2) is 5.60 Å². The van der Waals surface area contributed by atoms with Gasteiger partial charge in [0.2, 0.25) is 5.91 Å². The molecule has 4 N–H and O–H groups in total. The van der Waals surface area contributed by atoms with Crippen molar-refractivity contribution in [1.29, 1.82) is 0 Å². The van der Waals surface area contributed by atoms with Crippen molar-refractivity contribution in [2.75, 3.05) is 13.2 Å². The molecular formula is C23H18Cl2F2N2O4. The Kier molecular flexibility index (Phi) is 5.82. The van der Waals surface area contributed by atoms with Gasteiger partial charge in [-0.2, -0.15) is 0 Å². The van der Waals surface area contributed by atoms with Crippen LogP contribution in [0.15, 0.2) is 42.5 Å². The molecule has 10 heteroatoms.